The van der Waals surface area contributed by atoms with Crippen LogP contribution >= 0.6 is 11.6 Å². The van der Waals surface area contributed by atoms with Gasteiger partial charge in [-0.15, -0.1) is 11.6 Å². The summed E-state index contributed by atoms with van der Waals surface area (Å²) in [4.78, 5) is 0. The largest absolute Gasteiger partial charge is 0.372 e. The topological polar surface area (TPSA) is 9.23 Å². The van der Waals surface area contributed by atoms with E-state index in [9.17, 15) is 0 Å². The van der Waals surface area contributed by atoms with E-state index in [0.29, 0.717) is 6.10 Å². The first kappa shape index (κ1) is 13.3. The van der Waals surface area contributed by atoms with Gasteiger partial charge in [-0.25, -0.2) is 0 Å². The fraction of sp³-hybridized carbons (Fsp3) is 1.00. The van der Waals surface area contributed by atoms with Crippen molar-refractivity contribution < 1.29 is 4.74 Å². The first-order chi connectivity index (χ1) is 6.71. The van der Waals surface area contributed by atoms with Crippen LogP contribution in [0.3, 0.4) is 0 Å². The molecule has 1 aliphatic heterocycles. The summed E-state index contributed by atoms with van der Waals surface area (Å²) in [6.07, 6.45) is 4.98. The second kappa shape index (κ2) is 4.63. The molecule has 0 aromatic carbocycles. The molecule has 0 radical (unpaired) electrons. The Balaban J connectivity index is 2.27. The Kier molecular flexibility index (Phi) is 4.11. The lowest BCUT2D eigenvalue weighted by Gasteiger charge is -2.26. The van der Waals surface area contributed by atoms with Crippen molar-refractivity contribution in [2.75, 3.05) is 0 Å². The van der Waals surface area contributed by atoms with Gasteiger partial charge < -0.3 is 4.74 Å². The smallest absolute Gasteiger partial charge is 0.0631 e. The molecule has 90 valence electrons. The van der Waals surface area contributed by atoms with Crippen LogP contribution in [-0.2, 0) is 4.74 Å². The second-order valence-electron chi connectivity index (χ2n) is 6.45. The zero-order valence-corrected chi connectivity index (χ0v) is 11.5. The van der Waals surface area contributed by atoms with Crippen molar-refractivity contribution in [3.63, 3.8) is 0 Å². The summed E-state index contributed by atoms with van der Waals surface area (Å²) in [7, 11) is 0. The van der Waals surface area contributed by atoms with Gasteiger partial charge in [0.2, 0.25) is 0 Å². The van der Waals surface area contributed by atoms with Crippen LogP contribution in [0.1, 0.15) is 60.3 Å². The third-order valence-corrected chi connectivity index (χ3v) is 4.11. The van der Waals surface area contributed by atoms with Gasteiger partial charge >= 0.3 is 0 Å². The zero-order chi connectivity index (χ0) is 11.7. The molecule has 1 aliphatic rings. The molecule has 2 heteroatoms. The van der Waals surface area contributed by atoms with Crippen LogP contribution in [0.25, 0.3) is 0 Å². The van der Waals surface area contributed by atoms with E-state index < -0.39 is 0 Å². The van der Waals surface area contributed by atoms with Crippen LogP contribution in [-0.4, -0.2) is 17.1 Å². The molecule has 0 amide bonds. The van der Waals surface area contributed by atoms with Crippen molar-refractivity contribution in [1.82, 2.24) is 0 Å². The molecule has 1 heterocycles. The minimum absolute atomic E-state index is 0.0915. The van der Waals surface area contributed by atoms with Crippen molar-refractivity contribution in [1.29, 1.82) is 0 Å². The van der Waals surface area contributed by atoms with Crippen molar-refractivity contribution >= 4 is 11.6 Å². The SMILES string of the molecule is CC1(C)CCC(CCC(Cl)C(C)(C)C)O1. The number of hydrogen-bond acceptors (Lipinski definition) is 1. The Hall–Kier alpha value is 0.250. The normalized spacial score (nSPS) is 28.0. The summed E-state index contributed by atoms with van der Waals surface area (Å²) < 4.78 is 5.95. The predicted octanol–water partition coefficient (Wildman–Crippen LogP) is 4.38. The third kappa shape index (κ3) is 4.32. The maximum atomic E-state index is 6.35. The molecule has 0 saturated carbocycles. The molecule has 0 N–H and O–H groups in total. The summed E-state index contributed by atoms with van der Waals surface area (Å²) in [5.74, 6) is 0. The lowest BCUT2D eigenvalue weighted by molar-refractivity contribution is -0.0196. The first-order valence-corrected chi connectivity index (χ1v) is 6.46. The maximum absolute atomic E-state index is 6.35. The van der Waals surface area contributed by atoms with Gasteiger partial charge in [0.1, 0.15) is 0 Å². The minimum Gasteiger partial charge on any atom is -0.372 e. The van der Waals surface area contributed by atoms with Gasteiger partial charge in [0.05, 0.1) is 11.7 Å². The van der Waals surface area contributed by atoms with Crippen LogP contribution in [0.15, 0.2) is 0 Å². The van der Waals surface area contributed by atoms with Crippen LogP contribution < -0.4 is 0 Å². The average Bonchev–Trinajstić information content (AvgIpc) is 2.39. The molecule has 1 saturated heterocycles. The quantitative estimate of drug-likeness (QED) is 0.657. The fourth-order valence-corrected chi connectivity index (χ4v) is 2.17. The maximum Gasteiger partial charge on any atom is 0.0631 e. The average molecular weight is 233 g/mol. The van der Waals surface area contributed by atoms with Gasteiger partial charge in [-0.2, -0.15) is 0 Å². The lowest BCUT2D eigenvalue weighted by atomic mass is 9.88. The van der Waals surface area contributed by atoms with Gasteiger partial charge in [-0.3, -0.25) is 0 Å². The monoisotopic (exact) mass is 232 g/mol. The summed E-state index contributed by atoms with van der Waals surface area (Å²) in [6, 6.07) is 0. The second-order valence-corrected chi connectivity index (χ2v) is 6.98. The molecule has 0 spiro atoms. The first-order valence-electron chi connectivity index (χ1n) is 6.03. The predicted molar refractivity (Wildman–Crippen MR) is 66.5 cm³/mol. The van der Waals surface area contributed by atoms with Crippen LogP contribution in [0, 0.1) is 5.41 Å². The lowest BCUT2D eigenvalue weighted by Crippen LogP contribution is -2.24. The molecule has 15 heavy (non-hydrogen) atoms. The summed E-state index contributed by atoms with van der Waals surface area (Å²) in [5.41, 5.74) is 0.296. The van der Waals surface area contributed by atoms with Crippen molar-refractivity contribution in [2.45, 2.75) is 77.4 Å². The van der Waals surface area contributed by atoms with Gasteiger partial charge in [-0.05, 0) is 44.9 Å². The zero-order valence-electron chi connectivity index (χ0n) is 10.8. The molecule has 2 unspecified atom stereocenters. The molecule has 0 aromatic heterocycles. The van der Waals surface area contributed by atoms with E-state index in [1.165, 1.54) is 12.8 Å². The van der Waals surface area contributed by atoms with Gasteiger partial charge in [-0.1, -0.05) is 20.8 Å². The molecule has 0 bridgehead atoms. The molecule has 1 nitrogen and oxygen atoms in total. The van der Waals surface area contributed by atoms with E-state index in [1.54, 1.807) is 0 Å². The van der Waals surface area contributed by atoms with E-state index in [2.05, 4.69) is 34.6 Å². The molecular formula is C13H25ClO. The van der Waals surface area contributed by atoms with E-state index in [0.717, 1.165) is 12.8 Å². The summed E-state index contributed by atoms with van der Waals surface area (Å²) in [6.45, 7) is 10.9. The van der Waals surface area contributed by atoms with Gasteiger partial charge in [0.25, 0.3) is 0 Å². The Morgan fingerprint density at radius 1 is 1.40 bits per heavy atom. The van der Waals surface area contributed by atoms with Crippen molar-refractivity contribution in [3.05, 3.63) is 0 Å². The van der Waals surface area contributed by atoms with E-state index in [-0.39, 0.29) is 16.4 Å². The standard InChI is InChI=1S/C13H25ClO/c1-12(2,3)11(14)7-6-10-8-9-13(4,5)15-10/h10-11H,6-9H2,1-5H3. The van der Waals surface area contributed by atoms with Crippen molar-refractivity contribution in [3.8, 4) is 0 Å². The highest BCUT2D eigenvalue weighted by Gasteiger charge is 2.32. The highest BCUT2D eigenvalue weighted by molar-refractivity contribution is 6.21. The molecule has 1 rings (SSSR count). The van der Waals surface area contributed by atoms with Crippen LogP contribution in [0.2, 0.25) is 0 Å². The van der Waals surface area contributed by atoms with E-state index in [4.69, 9.17) is 16.3 Å². The number of hydrogen-bond donors (Lipinski definition) is 0. The number of ether oxygens (including phenoxy) is 1. The minimum atomic E-state index is 0.0915. The van der Waals surface area contributed by atoms with E-state index >= 15 is 0 Å². The molecule has 0 aliphatic carbocycles. The fourth-order valence-electron chi connectivity index (χ4n) is 2.05. The van der Waals surface area contributed by atoms with Crippen LogP contribution in [0.5, 0.6) is 0 Å². The number of rotatable bonds is 3. The van der Waals surface area contributed by atoms with Crippen molar-refractivity contribution in [2.24, 2.45) is 5.41 Å². The Morgan fingerprint density at radius 2 is 2.00 bits per heavy atom. The Morgan fingerprint density at radius 3 is 2.40 bits per heavy atom. The van der Waals surface area contributed by atoms with Gasteiger partial charge in [0.15, 0.2) is 0 Å². The summed E-state index contributed by atoms with van der Waals surface area (Å²) >= 11 is 6.35. The number of alkyl halides is 1. The van der Waals surface area contributed by atoms with E-state index in [1.807, 2.05) is 0 Å². The molecule has 1 fully saturated rings. The Labute approximate surface area is 99.5 Å². The molecule has 0 aromatic rings. The third-order valence-electron chi connectivity index (χ3n) is 3.24. The molecule has 2 atom stereocenters. The molecular weight excluding hydrogens is 208 g/mol. The van der Waals surface area contributed by atoms with Crippen LogP contribution in [0.4, 0.5) is 0 Å². The highest BCUT2D eigenvalue weighted by Crippen LogP contribution is 2.34. The highest BCUT2D eigenvalue weighted by atomic mass is 35.5. The summed E-state index contributed by atoms with van der Waals surface area (Å²) in [5, 5.41) is 0.254. The van der Waals surface area contributed by atoms with Gasteiger partial charge in [0, 0.05) is 5.38 Å². The Bertz CT molecular complexity index is 205. The number of halogens is 1.